The lowest BCUT2D eigenvalue weighted by Crippen LogP contribution is -2.05. The smallest absolute Gasteiger partial charge is 0.0960 e. The van der Waals surface area contributed by atoms with Gasteiger partial charge in [-0.2, -0.15) is 0 Å². The van der Waals surface area contributed by atoms with Gasteiger partial charge in [0.05, 0.1) is 17.8 Å². The lowest BCUT2D eigenvalue weighted by atomic mass is 10.0. The molecule has 0 saturated carbocycles. The molecule has 0 bridgehead atoms. The van der Waals surface area contributed by atoms with Crippen LogP contribution in [0.25, 0.3) is 10.9 Å². The van der Waals surface area contributed by atoms with Crippen LogP contribution in [0.4, 0.5) is 0 Å². The average molecular weight is 190 g/mol. The number of H-pyrrole nitrogens is 1. The minimum atomic E-state index is -0.428. The molecule has 2 heterocycles. The van der Waals surface area contributed by atoms with E-state index in [1.807, 2.05) is 26.0 Å². The van der Waals surface area contributed by atoms with Crippen molar-refractivity contribution >= 4 is 10.9 Å². The highest BCUT2D eigenvalue weighted by atomic mass is 16.3. The van der Waals surface area contributed by atoms with Gasteiger partial charge in [-0.1, -0.05) is 13.8 Å². The Kier molecular flexibility index (Phi) is 2.25. The van der Waals surface area contributed by atoms with E-state index in [1.54, 1.807) is 12.4 Å². The van der Waals surface area contributed by atoms with Gasteiger partial charge in [-0.15, -0.1) is 0 Å². The first kappa shape index (κ1) is 9.21. The molecule has 0 unspecified atom stereocenters. The van der Waals surface area contributed by atoms with Gasteiger partial charge in [0.15, 0.2) is 0 Å². The molecule has 2 aromatic heterocycles. The maximum atomic E-state index is 9.85. The average Bonchev–Trinajstić information content (AvgIpc) is 2.59. The SMILES string of the molecule is CC(C)[C@@H](O)c1cc2ccncc2[nH]1. The number of aliphatic hydroxyl groups is 1. The van der Waals surface area contributed by atoms with Crippen molar-refractivity contribution < 1.29 is 5.11 Å². The largest absolute Gasteiger partial charge is 0.387 e. The topological polar surface area (TPSA) is 48.9 Å². The third kappa shape index (κ3) is 1.51. The number of aromatic nitrogens is 2. The summed E-state index contributed by atoms with van der Waals surface area (Å²) >= 11 is 0. The standard InChI is InChI=1S/C11H14N2O/c1-7(2)11(14)9-5-8-3-4-12-6-10(8)13-9/h3-7,11,13-14H,1-2H3/t11-/m1/s1. The van der Waals surface area contributed by atoms with Crippen LogP contribution >= 0.6 is 0 Å². The van der Waals surface area contributed by atoms with E-state index in [-0.39, 0.29) is 5.92 Å². The number of hydrogen-bond donors (Lipinski definition) is 2. The van der Waals surface area contributed by atoms with Gasteiger partial charge in [0.1, 0.15) is 0 Å². The molecule has 2 N–H and O–H groups in total. The summed E-state index contributed by atoms with van der Waals surface area (Å²) in [6.45, 7) is 3.99. The van der Waals surface area contributed by atoms with Crippen LogP contribution in [-0.4, -0.2) is 15.1 Å². The fourth-order valence-corrected chi connectivity index (χ4v) is 1.51. The highest BCUT2D eigenvalue weighted by Gasteiger charge is 2.13. The van der Waals surface area contributed by atoms with Crippen molar-refractivity contribution in [2.45, 2.75) is 20.0 Å². The zero-order chi connectivity index (χ0) is 10.1. The van der Waals surface area contributed by atoms with Gasteiger partial charge in [-0.25, -0.2) is 0 Å². The second-order valence-electron chi connectivity index (χ2n) is 3.88. The summed E-state index contributed by atoms with van der Waals surface area (Å²) in [6, 6.07) is 3.91. The summed E-state index contributed by atoms with van der Waals surface area (Å²) in [5.74, 6) is 0.219. The van der Waals surface area contributed by atoms with Crippen LogP contribution in [0, 0.1) is 5.92 Å². The Morgan fingerprint density at radius 3 is 2.86 bits per heavy atom. The third-order valence-corrected chi connectivity index (χ3v) is 2.39. The van der Waals surface area contributed by atoms with E-state index in [1.165, 1.54) is 0 Å². The molecule has 14 heavy (non-hydrogen) atoms. The van der Waals surface area contributed by atoms with Crippen molar-refractivity contribution in [2.24, 2.45) is 5.92 Å². The van der Waals surface area contributed by atoms with Crippen molar-refractivity contribution in [2.75, 3.05) is 0 Å². The molecule has 1 atom stereocenters. The van der Waals surface area contributed by atoms with Crippen LogP contribution in [0.15, 0.2) is 24.5 Å². The Bertz CT molecular complexity index is 401. The Morgan fingerprint density at radius 2 is 2.21 bits per heavy atom. The van der Waals surface area contributed by atoms with E-state index in [2.05, 4.69) is 9.97 Å². The molecular formula is C11H14N2O. The molecule has 0 spiro atoms. The van der Waals surface area contributed by atoms with E-state index in [0.717, 1.165) is 16.6 Å². The van der Waals surface area contributed by atoms with Crippen LogP contribution in [-0.2, 0) is 0 Å². The molecule has 0 aliphatic heterocycles. The van der Waals surface area contributed by atoms with Crippen molar-refractivity contribution in [3.05, 3.63) is 30.2 Å². The lowest BCUT2D eigenvalue weighted by molar-refractivity contribution is 0.123. The third-order valence-electron chi connectivity index (χ3n) is 2.39. The van der Waals surface area contributed by atoms with E-state index in [9.17, 15) is 5.11 Å². The zero-order valence-corrected chi connectivity index (χ0v) is 8.36. The molecule has 0 radical (unpaired) electrons. The van der Waals surface area contributed by atoms with Gasteiger partial charge in [-0.05, 0) is 18.1 Å². The Balaban J connectivity index is 2.45. The monoisotopic (exact) mass is 190 g/mol. The fourth-order valence-electron chi connectivity index (χ4n) is 1.51. The molecule has 0 amide bonds. The first-order valence-corrected chi connectivity index (χ1v) is 4.79. The Morgan fingerprint density at radius 1 is 1.43 bits per heavy atom. The van der Waals surface area contributed by atoms with Crippen molar-refractivity contribution in [3.63, 3.8) is 0 Å². The Hall–Kier alpha value is -1.35. The summed E-state index contributed by atoms with van der Waals surface area (Å²) in [6.07, 6.45) is 3.09. The minimum Gasteiger partial charge on any atom is -0.387 e. The van der Waals surface area contributed by atoms with Crippen LogP contribution < -0.4 is 0 Å². The van der Waals surface area contributed by atoms with Crippen molar-refractivity contribution in [3.8, 4) is 0 Å². The number of aromatic amines is 1. The highest BCUT2D eigenvalue weighted by molar-refractivity contribution is 5.79. The van der Waals surface area contributed by atoms with E-state index in [4.69, 9.17) is 0 Å². The van der Waals surface area contributed by atoms with E-state index >= 15 is 0 Å². The lowest BCUT2D eigenvalue weighted by Gasteiger charge is -2.11. The quantitative estimate of drug-likeness (QED) is 0.763. The Labute approximate surface area is 82.8 Å². The number of nitrogens with zero attached hydrogens (tertiary/aromatic N) is 1. The van der Waals surface area contributed by atoms with Gasteiger partial charge in [0.25, 0.3) is 0 Å². The van der Waals surface area contributed by atoms with Crippen LogP contribution in [0.2, 0.25) is 0 Å². The predicted octanol–water partition coefficient (Wildman–Crippen LogP) is 2.25. The summed E-state index contributed by atoms with van der Waals surface area (Å²) in [5, 5.41) is 10.9. The molecule has 0 fully saturated rings. The summed E-state index contributed by atoms with van der Waals surface area (Å²) in [5.41, 5.74) is 1.84. The number of fused-ring (bicyclic) bond motifs is 1. The van der Waals surface area contributed by atoms with Crippen LogP contribution in [0.1, 0.15) is 25.6 Å². The highest BCUT2D eigenvalue weighted by Crippen LogP contribution is 2.23. The summed E-state index contributed by atoms with van der Waals surface area (Å²) < 4.78 is 0. The van der Waals surface area contributed by atoms with Gasteiger partial charge in [-0.3, -0.25) is 4.98 Å². The van der Waals surface area contributed by atoms with Gasteiger partial charge < -0.3 is 10.1 Å². The molecule has 2 rings (SSSR count). The number of aliphatic hydroxyl groups excluding tert-OH is 1. The summed E-state index contributed by atoms with van der Waals surface area (Å²) in [4.78, 5) is 7.18. The van der Waals surface area contributed by atoms with Gasteiger partial charge in [0, 0.05) is 17.3 Å². The minimum absolute atomic E-state index is 0.219. The first-order chi connectivity index (χ1) is 6.68. The normalized spacial score (nSPS) is 13.7. The molecule has 0 aliphatic rings. The molecule has 0 aliphatic carbocycles. The molecule has 0 saturated heterocycles. The van der Waals surface area contributed by atoms with Crippen LogP contribution in [0.5, 0.6) is 0 Å². The molecule has 2 aromatic rings. The zero-order valence-electron chi connectivity index (χ0n) is 8.36. The van der Waals surface area contributed by atoms with Crippen molar-refractivity contribution in [1.82, 2.24) is 9.97 Å². The van der Waals surface area contributed by atoms with Gasteiger partial charge in [0.2, 0.25) is 0 Å². The second kappa shape index (κ2) is 3.42. The van der Waals surface area contributed by atoms with Crippen molar-refractivity contribution in [1.29, 1.82) is 0 Å². The molecule has 3 nitrogen and oxygen atoms in total. The first-order valence-electron chi connectivity index (χ1n) is 4.79. The number of nitrogens with one attached hydrogen (secondary N) is 1. The number of rotatable bonds is 2. The fraction of sp³-hybridized carbons (Fsp3) is 0.364. The maximum absolute atomic E-state index is 9.85. The van der Waals surface area contributed by atoms with E-state index in [0.29, 0.717) is 0 Å². The van der Waals surface area contributed by atoms with Gasteiger partial charge >= 0.3 is 0 Å². The number of hydrogen-bond acceptors (Lipinski definition) is 2. The molecular weight excluding hydrogens is 176 g/mol. The maximum Gasteiger partial charge on any atom is 0.0960 e. The van der Waals surface area contributed by atoms with Crippen LogP contribution in [0.3, 0.4) is 0 Å². The van der Waals surface area contributed by atoms with E-state index < -0.39 is 6.10 Å². The molecule has 74 valence electrons. The number of pyridine rings is 1. The molecule has 3 heteroatoms. The molecule has 0 aromatic carbocycles. The second-order valence-corrected chi connectivity index (χ2v) is 3.88. The predicted molar refractivity (Wildman–Crippen MR) is 55.9 cm³/mol. The summed E-state index contributed by atoms with van der Waals surface area (Å²) in [7, 11) is 0.